The molecule has 4 nitrogen and oxygen atoms in total. The lowest BCUT2D eigenvalue weighted by atomic mass is 10.0. The van der Waals surface area contributed by atoms with Gasteiger partial charge in [0.1, 0.15) is 5.69 Å². The van der Waals surface area contributed by atoms with Gasteiger partial charge in [-0.2, -0.15) is 5.48 Å². The van der Waals surface area contributed by atoms with Crippen LogP contribution in [0.3, 0.4) is 0 Å². The van der Waals surface area contributed by atoms with E-state index in [4.69, 9.17) is 4.52 Å². The Balaban J connectivity index is 1.81. The Labute approximate surface area is 123 Å². The maximum absolute atomic E-state index is 9.38. The molecule has 0 spiro atoms. The lowest BCUT2D eigenvalue weighted by Gasteiger charge is -2.11. The Morgan fingerprint density at radius 1 is 1.00 bits per heavy atom. The highest BCUT2D eigenvalue weighted by Gasteiger charge is 2.17. The van der Waals surface area contributed by atoms with Crippen LogP contribution in [0.25, 0.3) is 11.3 Å². The topological polar surface area (TPSA) is 58.3 Å². The fourth-order valence-corrected chi connectivity index (χ4v) is 2.26. The molecule has 1 heterocycles. The van der Waals surface area contributed by atoms with Crippen molar-refractivity contribution in [2.75, 3.05) is 0 Å². The van der Waals surface area contributed by atoms with Crippen molar-refractivity contribution < 1.29 is 9.73 Å². The van der Waals surface area contributed by atoms with Gasteiger partial charge in [0.25, 0.3) is 0 Å². The van der Waals surface area contributed by atoms with Crippen LogP contribution in [0, 0.1) is 0 Å². The molecule has 1 atom stereocenters. The number of hydroxylamine groups is 1. The minimum Gasteiger partial charge on any atom is -0.359 e. The van der Waals surface area contributed by atoms with Crippen molar-refractivity contribution in [1.82, 2.24) is 10.6 Å². The predicted octanol–water partition coefficient (Wildman–Crippen LogP) is 3.60. The third-order valence-corrected chi connectivity index (χ3v) is 3.38. The fourth-order valence-electron chi connectivity index (χ4n) is 2.26. The first-order chi connectivity index (χ1) is 10.4. The summed E-state index contributed by atoms with van der Waals surface area (Å²) < 4.78 is 5.37. The minimum atomic E-state index is -0.322. The minimum absolute atomic E-state index is 0.322. The molecule has 0 amide bonds. The van der Waals surface area contributed by atoms with E-state index in [9.17, 15) is 5.21 Å². The van der Waals surface area contributed by atoms with Gasteiger partial charge in [0, 0.05) is 11.6 Å². The Morgan fingerprint density at radius 3 is 2.33 bits per heavy atom. The fraction of sp³-hybridized carbons (Fsp3) is 0.118. The third kappa shape index (κ3) is 3.18. The Kier molecular flexibility index (Phi) is 4.09. The van der Waals surface area contributed by atoms with Crippen LogP contribution in [-0.2, 0) is 6.42 Å². The van der Waals surface area contributed by atoms with Crippen molar-refractivity contribution in [3.05, 3.63) is 78.1 Å². The van der Waals surface area contributed by atoms with Crippen LogP contribution in [0.4, 0.5) is 0 Å². The highest BCUT2D eigenvalue weighted by molar-refractivity contribution is 5.58. The van der Waals surface area contributed by atoms with Gasteiger partial charge in [-0.3, -0.25) is 0 Å². The summed E-state index contributed by atoms with van der Waals surface area (Å²) in [7, 11) is 0. The summed E-state index contributed by atoms with van der Waals surface area (Å²) in [5.74, 6) is 0.611. The van der Waals surface area contributed by atoms with Crippen LogP contribution in [0.15, 0.2) is 71.3 Å². The summed E-state index contributed by atoms with van der Waals surface area (Å²) in [5, 5.41) is 13.5. The average molecular weight is 280 g/mol. The van der Waals surface area contributed by atoms with Crippen molar-refractivity contribution in [3.63, 3.8) is 0 Å². The number of nitrogens with zero attached hydrogens (tertiary/aromatic N) is 1. The van der Waals surface area contributed by atoms with Gasteiger partial charge in [0.05, 0.1) is 6.04 Å². The summed E-state index contributed by atoms with van der Waals surface area (Å²) in [5.41, 5.74) is 5.16. The zero-order valence-electron chi connectivity index (χ0n) is 11.4. The van der Waals surface area contributed by atoms with Crippen molar-refractivity contribution in [3.8, 4) is 11.3 Å². The third-order valence-electron chi connectivity index (χ3n) is 3.38. The van der Waals surface area contributed by atoms with Crippen LogP contribution >= 0.6 is 0 Å². The second-order valence-corrected chi connectivity index (χ2v) is 4.85. The molecule has 1 unspecified atom stereocenters. The van der Waals surface area contributed by atoms with Crippen LogP contribution in [0.2, 0.25) is 0 Å². The molecule has 21 heavy (non-hydrogen) atoms. The molecule has 0 saturated heterocycles. The van der Waals surface area contributed by atoms with E-state index in [0.717, 1.165) is 16.8 Å². The number of hydrogen-bond donors (Lipinski definition) is 2. The molecule has 2 N–H and O–H groups in total. The normalized spacial score (nSPS) is 12.2. The molecule has 0 aliphatic heterocycles. The second-order valence-electron chi connectivity index (χ2n) is 4.85. The molecule has 2 aromatic carbocycles. The van der Waals surface area contributed by atoms with Gasteiger partial charge in [-0.15, -0.1) is 0 Å². The molecular weight excluding hydrogens is 264 g/mol. The van der Waals surface area contributed by atoms with Gasteiger partial charge < -0.3 is 9.73 Å². The van der Waals surface area contributed by atoms with Crippen molar-refractivity contribution >= 4 is 0 Å². The Bertz CT molecular complexity index is 680. The molecule has 0 radical (unpaired) electrons. The van der Waals surface area contributed by atoms with E-state index in [0.29, 0.717) is 12.2 Å². The number of aromatic nitrogens is 1. The van der Waals surface area contributed by atoms with Crippen molar-refractivity contribution in [2.45, 2.75) is 12.5 Å². The first kappa shape index (κ1) is 13.5. The molecule has 1 aromatic heterocycles. The van der Waals surface area contributed by atoms with E-state index in [-0.39, 0.29) is 6.04 Å². The van der Waals surface area contributed by atoms with Crippen LogP contribution in [-0.4, -0.2) is 10.4 Å². The summed E-state index contributed by atoms with van der Waals surface area (Å²) in [4.78, 5) is 0. The van der Waals surface area contributed by atoms with Crippen molar-refractivity contribution in [1.29, 1.82) is 0 Å². The first-order valence-electron chi connectivity index (χ1n) is 6.82. The van der Waals surface area contributed by atoms with E-state index in [1.807, 2.05) is 66.7 Å². The average Bonchev–Trinajstić information content (AvgIpc) is 3.04. The van der Waals surface area contributed by atoms with Crippen LogP contribution in [0.1, 0.15) is 17.4 Å². The highest BCUT2D eigenvalue weighted by atomic mass is 16.5. The van der Waals surface area contributed by atoms with Gasteiger partial charge in [-0.05, 0) is 12.0 Å². The van der Waals surface area contributed by atoms with Gasteiger partial charge in [-0.1, -0.05) is 65.8 Å². The van der Waals surface area contributed by atoms with E-state index >= 15 is 0 Å². The quantitative estimate of drug-likeness (QED) is 0.701. The van der Waals surface area contributed by atoms with E-state index < -0.39 is 0 Å². The molecule has 106 valence electrons. The van der Waals surface area contributed by atoms with Crippen LogP contribution < -0.4 is 5.48 Å². The van der Waals surface area contributed by atoms with Gasteiger partial charge in [0.2, 0.25) is 0 Å². The SMILES string of the molecule is ONC(Cc1ccccc1)c1cc(-c2ccccc2)no1. The Hall–Kier alpha value is -2.43. The van der Waals surface area contributed by atoms with Gasteiger partial charge in [0.15, 0.2) is 5.76 Å². The Morgan fingerprint density at radius 2 is 1.67 bits per heavy atom. The lowest BCUT2D eigenvalue weighted by molar-refractivity contribution is 0.111. The molecular formula is C17H16N2O2. The molecule has 0 saturated carbocycles. The molecule has 4 heteroatoms. The van der Waals surface area contributed by atoms with Gasteiger partial charge >= 0.3 is 0 Å². The molecule has 0 bridgehead atoms. The molecule has 0 aliphatic carbocycles. The summed E-state index contributed by atoms with van der Waals surface area (Å²) in [6.45, 7) is 0. The zero-order valence-corrected chi connectivity index (χ0v) is 11.4. The van der Waals surface area contributed by atoms with Gasteiger partial charge in [-0.25, -0.2) is 0 Å². The summed E-state index contributed by atoms with van der Waals surface area (Å²) in [6, 6.07) is 21.3. The van der Waals surface area contributed by atoms with E-state index in [2.05, 4.69) is 10.6 Å². The predicted molar refractivity (Wildman–Crippen MR) is 79.7 cm³/mol. The van der Waals surface area contributed by atoms with E-state index in [1.165, 1.54) is 0 Å². The van der Waals surface area contributed by atoms with E-state index in [1.54, 1.807) is 0 Å². The molecule has 3 rings (SSSR count). The smallest absolute Gasteiger partial charge is 0.156 e. The maximum Gasteiger partial charge on any atom is 0.156 e. The maximum atomic E-state index is 9.38. The molecule has 3 aromatic rings. The second kappa shape index (κ2) is 6.35. The molecule has 0 aliphatic rings. The summed E-state index contributed by atoms with van der Waals surface area (Å²) in [6.07, 6.45) is 0.626. The van der Waals surface area contributed by atoms with Crippen molar-refractivity contribution in [2.24, 2.45) is 0 Å². The number of benzene rings is 2. The lowest BCUT2D eigenvalue weighted by Crippen LogP contribution is -2.18. The molecule has 0 fully saturated rings. The number of hydrogen-bond acceptors (Lipinski definition) is 4. The number of nitrogens with one attached hydrogen (secondary N) is 1. The standard InChI is InChI=1S/C17H16N2O2/c20-18-16(11-13-7-3-1-4-8-13)17-12-15(19-21-17)14-9-5-2-6-10-14/h1-10,12,16,18,20H,11H2. The number of rotatable bonds is 5. The van der Waals surface area contributed by atoms with Crippen LogP contribution in [0.5, 0.6) is 0 Å². The summed E-state index contributed by atoms with van der Waals surface area (Å²) >= 11 is 0. The zero-order chi connectivity index (χ0) is 14.5. The largest absolute Gasteiger partial charge is 0.359 e. The highest BCUT2D eigenvalue weighted by Crippen LogP contribution is 2.24. The monoisotopic (exact) mass is 280 g/mol. The first-order valence-corrected chi connectivity index (χ1v) is 6.82.